The molecule has 3 amide bonds. The number of anilines is 1. The Balaban J connectivity index is 1.45. The van der Waals surface area contributed by atoms with Crippen LogP contribution in [0.1, 0.15) is 57.1 Å². The molecule has 4 aliphatic heterocycles. The number of hydrogen-bond acceptors (Lipinski definition) is 8. The van der Waals surface area contributed by atoms with Gasteiger partial charge in [0.2, 0.25) is 11.8 Å². The Kier molecular flexibility index (Phi) is 11.3. The Morgan fingerprint density at radius 3 is 2.37 bits per heavy atom. The van der Waals surface area contributed by atoms with E-state index in [1.165, 1.54) is 0 Å². The second kappa shape index (κ2) is 15.7. The van der Waals surface area contributed by atoms with Gasteiger partial charge in [-0.15, -0.1) is 0 Å². The number of allylic oxidation sites excluding steroid dienone is 1. The molecule has 2 aromatic carbocycles. The number of benzene rings is 2. The number of aliphatic hydroxyl groups is 1. The molecule has 2 saturated heterocycles. The number of nitrogens with zero attached hydrogens (tertiary/aromatic N) is 3. The molecule has 0 saturated carbocycles. The number of likely N-dealkylation sites (tertiary alicyclic amines) is 1. The zero-order chi connectivity index (χ0) is 36.3. The molecule has 2 fully saturated rings. The molecule has 11 nitrogen and oxygen atoms in total. The zero-order valence-corrected chi connectivity index (χ0v) is 30.9. The maximum absolute atomic E-state index is 15.1. The molecule has 6 rings (SSSR count). The van der Waals surface area contributed by atoms with Gasteiger partial charge < -0.3 is 34.0 Å². The number of methoxy groups -OCH3 is 1. The lowest BCUT2D eigenvalue weighted by Crippen LogP contribution is -2.56. The number of fused-ring (bicyclic) bond motifs is 2. The zero-order valence-electron chi connectivity index (χ0n) is 29.3. The van der Waals surface area contributed by atoms with Crippen molar-refractivity contribution < 1.29 is 38.5 Å². The molecule has 1 spiro atoms. The Morgan fingerprint density at radius 2 is 1.67 bits per heavy atom. The molecule has 12 heteroatoms. The van der Waals surface area contributed by atoms with Crippen molar-refractivity contribution in [2.45, 2.75) is 75.3 Å². The first-order valence-electron chi connectivity index (χ1n) is 17.7. The Bertz CT molecular complexity index is 1670. The van der Waals surface area contributed by atoms with Gasteiger partial charge in [0, 0.05) is 43.3 Å². The van der Waals surface area contributed by atoms with Crippen molar-refractivity contribution in [2.75, 3.05) is 38.8 Å². The van der Waals surface area contributed by atoms with Gasteiger partial charge in [0.1, 0.15) is 35.5 Å². The molecule has 5 bridgehead atoms. The highest BCUT2D eigenvalue weighted by molar-refractivity contribution is 9.11. The van der Waals surface area contributed by atoms with Crippen LogP contribution in [0.25, 0.3) is 0 Å². The molecule has 51 heavy (non-hydrogen) atoms. The van der Waals surface area contributed by atoms with Gasteiger partial charge in [0.25, 0.3) is 5.91 Å². The standard InChI is InChI=1S/C39H46BrN3O8/c1-25-33(26-14-8-6-9-15-26)50-38(48)31-32-36(46)43(22-11-4-5-13-23-44)35(39(32)24-29(40)34(31)51-39)37(47)42(27-17-19-28(49-3)20-18-27)21-12-7-10-16-30(45)41(25)2/h6-9,12,14-15,17-20,24-25,31-35,44H,4-5,10-11,13,16,21-23H2,1-3H3/b12-7-/t25-,31+,32-,33+,34+,35+,39-/m0/s1. The first-order valence-corrected chi connectivity index (χ1v) is 18.5. The largest absolute Gasteiger partial charge is 0.497 e. The highest BCUT2D eigenvalue weighted by Gasteiger charge is 2.75. The molecule has 2 aromatic rings. The van der Waals surface area contributed by atoms with Crippen LogP contribution >= 0.6 is 15.9 Å². The number of ether oxygens (including phenoxy) is 3. The maximum atomic E-state index is 15.1. The molecule has 0 aliphatic carbocycles. The minimum absolute atomic E-state index is 0.0870. The SMILES string of the molecule is COc1ccc(N2C/C=C\CCC(=O)N(C)[C@@H](C)[C@H](c3ccccc3)OC(=O)[C@H]3[C@@H]4O[C@@]5(C=C4Br)[C@@H]3C(=O)N(CCCCCCO)[C@@H]5C2=O)cc1. The van der Waals surface area contributed by atoms with E-state index in [9.17, 15) is 19.5 Å². The lowest BCUT2D eigenvalue weighted by molar-refractivity contribution is -0.164. The van der Waals surface area contributed by atoms with E-state index in [-0.39, 0.29) is 43.8 Å². The highest BCUT2D eigenvalue weighted by Crippen LogP contribution is 2.59. The van der Waals surface area contributed by atoms with E-state index in [0.29, 0.717) is 35.2 Å². The number of halogens is 1. The van der Waals surface area contributed by atoms with Gasteiger partial charge in [-0.1, -0.05) is 71.3 Å². The second-order valence-corrected chi connectivity index (χ2v) is 14.6. The number of carbonyl (C=O) groups excluding carboxylic acids is 4. The van der Waals surface area contributed by atoms with E-state index in [2.05, 4.69) is 15.9 Å². The smallest absolute Gasteiger partial charge is 0.313 e. The fourth-order valence-corrected chi connectivity index (χ4v) is 8.62. The minimum Gasteiger partial charge on any atom is -0.497 e. The summed E-state index contributed by atoms with van der Waals surface area (Å²) >= 11 is 3.64. The molecule has 0 aromatic heterocycles. The molecule has 4 aliphatic rings. The van der Waals surface area contributed by atoms with Crippen molar-refractivity contribution in [3.63, 3.8) is 0 Å². The molecule has 7 atom stereocenters. The summed E-state index contributed by atoms with van der Waals surface area (Å²) < 4.78 is 19.0. The van der Waals surface area contributed by atoms with Crippen LogP contribution in [0.5, 0.6) is 5.75 Å². The van der Waals surface area contributed by atoms with Gasteiger partial charge >= 0.3 is 5.97 Å². The van der Waals surface area contributed by atoms with Crippen molar-refractivity contribution in [2.24, 2.45) is 11.8 Å². The average molecular weight is 765 g/mol. The lowest BCUT2D eigenvalue weighted by atomic mass is 9.74. The highest BCUT2D eigenvalue weighted by atomic mass is 79.9. The quantitative estimate of drug-likeness (QED) is 0.217. The topological polar surface area (TPSA) is 126 Å². The number of cyclic esters (lactones) is 1. The van der Waals surface area contributed by atoms with E-state index >= 15 is 4.79 Å². The monoisotopic (exact) mass is 763 g/mol. The first-order chi connectivity index (χ1) is 24.6. The summed E-state index contributed by atoms with van der Waals surface area (Å²) in [6.45, 7) is 2.39. The molecular formula is C39H46BrN3O8. The number of carbonyl (C=O) groups is 4. The average Bonchev–Trinajstić information content (AvgIpc) is 3.74. The van der Waals surface area contributed by atoms with Crippen LogP contribution in [-0.2, 0) is 28.7 Å². The number of amides is 3. The summed E-state index contributed by atoms with van der Waals surface area (Å²) in [5, 5.41) is 9.31. The fourth-order valence-electron chi connectivity index (χ4n) is 7.89. The summed E-state index contributed by atoms with van der Waals surface area (Å²) in [5.74, 6) is -2.83. The summed E-state index contributed by atoms with van der Waals surface area (Å²) in [6, 6.07) is 14.8. The number of esters is 1. The third kappa shape index (κ3) is 6.97. The minimum atomic E-state index is -1.42. The van der Waals surface area contributed by atoms with Crippen molar-refractivity contribution in [1.29, 1.82) is 0 Å². The van der Waals surface area contributed by atoms with Crippen molar-refractivity contribution in [3.05, 3.63) is 82.9 Å². The Morgan fingerprint density at radius 1 is 0.941 bits per heavy atom. The summed E-state index contributed by atoms with van der Waals surface area (Å²) in [5.41, 5.74) is -0.106. The van der Waals surface area contributed by atoms with Gasteiger partial charge in [-0.2, -0.15) is 0 Å². The van der Waals surface area contributed by atoms with Gasteiger partial charge in [0.05, 0.1) is 19.1 Å². The molecule has 0 radical (unpaired) electrons. The van der Waals surface area contributed by atoms with E-state index in [1.807, 2.05) is 49.4 Å². The molecular weight excluding hydrogens is 718 g/mol. The van der Waals surface area contributed by atoms with Crippen LogP contribution < -0.4 is 9.64 Å². The lowest BCUT2D eigenvalue weighted by Gasteiger charge is -2.36. The molecule has 4 heterocycles. The third-order valence-corrected chi connectivity index (χ3v) is 11.4. The van der Waals surface area contributed by atoms with Crippen LogP contribution in [-0.4, -0.2) is 96.2 Å². The van der Waals surface area contributed by atoms with Gasteiger partial charge in [-0.05, 0) is 62.1 Å². The molecule has 1 N–H and O–H groups in total. The predicted molar refractivity (Wildman–Crippen MR) is 194 cm³/mol. The van der Waals surface area contributed by atoms with Crippen LogP contribution in [0.3, 0.4) is 0 Å². The van der Waals surface area contributed by atoms with Crippen molar-refractivity contribution in [1.82, 2.24) is 9.80 Å². The number of rotatable bonds is 9. The van der Waals surface area contributed by atoms with E-state index in [4.69, 9.17) is 14.2 Å². The Hall–Kier alpha value is -4.00. The summed E-state index contributed by atoms with van der Waals surface area (Å²) in [6.07, 6.45) is 7.37. The van der Waals surface area contributed by atoms with Gasteiger partial charge in [0.15, 0.2) is 0 Å². The van der Waals surface area contributed by atoms with Crippen LogP contribution in [0.15, 0.2) is 77.3 Å². The van der Waals surface area contributed by atoms with E-state index < -0.39 is 47.7 Å². The summed E-state index contributed by atoms with van der Waals surface area (Å²) in [4.78, 5) is 62.5. The van der Waals surface area contributed by atoms with Gasteiger partial charge in [-0.3, -0.25) is 19.2 Å². The van der Waals surface area contributed by atoms with Crippen LogP contribution in [0.4, 0.5) is 5.69 Å². The number of unbranched alkanes of at least 4 members (excludes halogenated alkanes) is 3. The van der Waals surface area contributed by atoms with Crippen molar-refractivity contribution in [3.8, 4) is 5.75 Å². The normalized spacial score (nSPS) is 30.4. The molecule has 272 valence electrons. The summed E-state index contributed by atoms with van der Waals surface area (Å²) in [7, 11) is 3.28. The third-order valence-electron chi connectivity index (χ3n) is 10.7. The predicted octanol–water partition coefficient (Wildman–Crippen LogP) is 4.94. The van der Waals surface area contributed by atoms with Gasteiger partial charge in [-0.25, -0.2) is 0 Å². The number of likely N-dealkylation sites (N-methyl/N-ethyl adjacent to an activating group) is 1. The number of aliphatic hydroxyl groups excluding tert-OH is 1. The van der Waals surface area contributed by atoms with Crippen molar-refractivity contribution >= 4 is 45.3 Å². The van der Waals surface area contributed by atoms with Crippen LogP contribution in [0, 0.1) is 11.8 Å². The second-order valence-electron chi connectivity index (χ2n) is 13.7. The van der Waals surface area contributed by atoms with E-state index in [1.54, 1.807) is 59.2 Å². The van der Waals surface area contributed by atoms with E-state index in [0.717, 1.165) is 18.4 Å². The Labute approximate surface area is 307 Å². The number of hydrogen-bond donors (Lipinski definition) is 1. The fraction of sp³-hybridized carbons (Fsp3) is 0.487. The molecule has 0 unspecified atom stereocenters. The maximum Gasteiger partial charge on any atom is 0.313 e. The first kappa shape index (κ1) is 36.8. The van der Waals surface area contributed by atoms with Crippen LogP contribution in [0.2, 0.25) is 0 Å².